The Bertz CT molecular complexity index is 1070. The van der Waals surface area contributed by atoms with E-state index in [1.54, 1.807) is 19.4 Å². The molecule has 0 bridgehead atoms. The second-order valence-corrected chi connectivity index (χ2v) is 6.01. The van der Waals surface area contributed by atoms with Gasteiger partial charge in [-0.2, -0.15) is 0 Å². The van der Waals surface area contributed by atoms with Crippen LogP contribution in [0.3, 0.4) is 0 Å². The fourth-order valence-electron chi connectivity index (χ4n) is 3.12. The van der Waals surface area contributed by atoms with Crippen molar-refractivity contribution in [3.05, 3.63) is 84.2 Å². The molecule has 0 amide bonds. The number of aromatic nitrogens is 2. The number of benzene rings is 2. The molecule has 0 unspecified atom stereocenters. The molecule has 2 heterocycles. The van der Waals surface area contributed by atoms with Crippen LogP contribution in [0.1, 0.15) is 5.56 Å². The van der Waals surface area contributed by atoms with Crippen molar-refractivity contribution in [1.29, 1.82) is 0 Å². The maximum absolute atomic E-state index is 14.1. The molecule has 2 aromatic carbocycles. The van der Waals surface area contributed by atoms with E-state index in [0.29, 0.717) is 11.4 Å². The molecule has 0 saturated carbocycles. The maximum Gasteiger partial charge on any atom is 0.212 e. The number of ether oxygens (including phenoxy) is 1. The SMILES string of the molecule is COc1ccc(-c2cn(Cc3cc(F)ccc3F)c3ccccc23)cn1. The van der Waals surface area contributed by atoms with E-state index in [2.05, 4.69) is 4.98 Å². The van der Waals surface area contributed by atoms with Gasteiger partial charge in [0.05, 0.1) is 13.7 Å². The van der Waals surface area contributed by atoms with Crippen LogP contribution in [-0.2, 0) is 6.54 Å². The fraction of sp³-hybridized carbons (Fsp3) is 0.0952. The number of hydrogen-bond acceptors (Lipinski definition) is 2. The number of halogens is 2. The molecule has 0 saturated heterocycles. The summed E-state index contributed by atoms with van der Waals surface area (Å²) in [6.45, 7) is 0.244. The third-order valence-electron chi connectivity index (χ3n) is 4.39. The second kappa shape index (κ2) is 6.59. The van der Waals surface area contributed by atoms with Gasteiger partial charge in [0.15, 0.2) is 0 Å². The highest BCUT2D eigenvalue weighted by Gasteiger charge is 2.13. The first-order valence-corrected chi connectivity index (χ1v) is 8.18. The van der Waals surface area contributed by atoms with Gasteiger partial charge in [-0.1, -0.05) is 18.2 Å². The van der Waals surface area contributed by atoms with E-state index >= 15 is 0 Å². The minimum Gasteiger partial charge on any atom is -0.481 e. The fourth-order valence-corrected chi connectivity index (χ4v) is 3.12. The van der Waals surface area contributed by atoms with Gasteiger partial charge in [-0.25, -0.2) is 13.8 Å². The number of rotatable bonds is 4. The maximum atomic E-state index is 14.1. The summed E-state index contributed by atoms with van der Waals surface area (Å²) in [4.78, 5) is 4.26. The molecule has 4 aromatic rings. The lowest BCUT2D eigenvalue weighted by atomic mass is 10.1. The van der Waals surface area contributed by atoms with Crippen LogP contribution < -0.4 is 4.74 Å². The molecule has 0 aliphatic rings. The molecule has 3 nitrogen and oxygen atoms in total. The summed E-state index contributed by atoms with van der Waals surface area (Å²) in [7, 11) is 1.57. The van der Waals surface area contributed by atoms with E-state index in [9.17, 15) is 8.78 Å². The van der Waals surface area contributed by atoms with E-state index in [4.69, 9.17) is 4.74 Å². The van der Waals surface area contributed by atoms with Gasteiger partial charge in [0.25, 0.3) is 0 Å². The Hall–Kier alpha value is -3.21. The smallest absolute Gasteiger partial charge is 0.212 e. The van der Waals surface area contributed by atoms with Crippen molar-refractivity contribution in [1.82, 2.24) is 9.55 Å². The van der Waals surface area contributed by atoms with Gasteiger partial charge in [0.2, 0.25) is 5.88 Å². The predicted molar refractivity (Wildman–Crippen MR) is 97.2 cm³/mol. The zero-order valence-electron chi connectivity index (χ0n) is 14.1. The zero-order valence-corrected chi connectivity index (χ0v) is 14.1. The average molecular weight is 350 g/mol. The van der Waals surface area contributed by atoms with E-state index in [1.807, 2.05) is 41.1 Å². The molecule has 130 valence electrons. The molecule has 0 atom stereocenters. The second-order valence-electron chi connectivity index (χ2n) is 6.01. The van der Waals surface area contributed by atoms with Crippen molar-refractivity contribution in [3.8, 4) is 17.0 Å². The summed E-state index contributed by atoms with van der Waals surface area (Å²) in [5.74, 6) is -0.325. The van der Waals surface area contributed by atoms with Crippen LogP contribution in [-0.4, -0.2) is 16.7 Å². The molecule has 0 spiro atoms. The van der Waals surface area contributed by atoms with Gasteiger partial charge in [0.1, 0.15) is 11.6 Å². The average Bonchev–Trinajstić information content (AvgIpc) is 3.03. The number of methoxy groups -OCH3 is 1. The van der Waals surface area contributed by atoms with Crippen LogP contribution in [0.5, 0.6) is 5.88 Å². The number of nitrogens with zero attached hydrogens (tertiary/aromatic N) is 2. The van der Waals surface area contributed by atoms with Crippen molar-refractivity contribution in [2.45, 2.75) is 6.54 Å². The minimum absolute atomic E-state index is 0.244. The lowest BCUT2D eigenvalue weighted by molar-refractivity contribution is 0.398. The first-order chi connectivity index (χ1) is 12.7. The summed E-state index contributed by atoms with van der Waals surface area (Å²) in [6.07, 6.45) is 3.69. The first kappa shape index (κ1) is 16.3. The van der Waals surface area contributed by atoms with Crippen molar-refractivity contribution in [2.24, 2.45) is 0 Å². The molecule has 0 aliphatic carbocycles. The third kappa shape index (κ3) is 2.92. The quantitative estimate of drug-likeness (QED) is 0.516. The van der Waals surface area contributed by atoms with Crippen molar-refractivity contribution in [3.63, 3.8) is 0 Å². The third-order valence-corrected chi connectivity index (χ3v) is 4.39. The highest BCUT2D eigenvalue weighted by molar-refractivity contribution is 5.96. The van der Waals surface area contributed by atoms with Crippen LogP contribution in [0.4, 0.5) is 8.78 Å². The minimum atomic E-state index is -0.447. The van der Waals surface area contributed by atoms with Crippen LogP contribution in [0.25, 0.3) is 22.0 Å². The Morgan fingerprint density at radius 2 is 1.88 bits per heavy atom. The molecule has 26 heavy (non-hydrogen) atoms. The molecule has 0 N–H and O–H groups in total. The van der Waals surface area contributed by atoms with Gasteiger partial charge < -0.3 is 9.30 Å². The van der Waals surface area contributed by atoms with Gasteiger partial charge in [-0.15, -0.1) is 0 Å². The summed E-state index contributed by atoms with van der Waals surface area (Å²) >= 11 is 0. The highest BCUT2D eigenvalue weighted by atomic mass is 19.1. The summed E-state index contributed by atoms with van der Waals surface area (Å²) in [5.41, 5.74) is 3.17. The Labute approximate surface area is 149 Å². The molecule has 4 rings (SSSR count). The van der Waals surface area contributed by atoms with Crippen LogP contribution in [0.2, 0.25) is 0 Å². The lowest BCUT2D eigenvalue weighted by Gasteiger charge is -2.07. The Morgan fingerprint density at radius 1 is 1.04 bits per heavy atom. The topological polar surface area (TPSA) is 27.1 Å². The van der Waals surface area contributed by atoms with Crippen molar-refractivity contribution >= 4 is 10.9 Å². The number of fused-ring (bicyclic) bond motifs is 1. The number of pyridine rings is 1. The van der Waals surface area contributed by atoms with Crippen LogP contribution in [0, 0.1) is 11.6 Å². The molecular formula is C21H16F2N2O. The van der Waals surface area contributed by atoms with Gasteiger partial charge in [-0.05, 0) is 30.3 Å². The van der Waals surface area contributed by atoms with E-state index < -0.39 is 11.6 Å². The van der Waals surface area contributed by atoms with Gasteiger partial charge in [0, 0.05) is 46.1 Å². The zero-order chi connectivity index (χ0) is 18.1. The predicted octanol–water partition coefficient (Wildman–Crippen LogP) is 5.04. The van der Waals surface area contributed by atoms with Gasteiger partial charge in [-0.3, -0.25) is 0 Å². The Morgan fingerprint density at radius 3 is 2.65 bits per heavy atom. The Balaban J connectivity index is 1.82. The Kier molecular flexibility index (Phi) is 4.13. The summed E-state index contributed by atoms with van der Waals surface area (Å²) in [5, 5.41) is 1.02. The van der Waals surface area contributed by atoms with Crippen LogP contribution >= 0.6 is 0 Å². The monoisotopic (exact) mass is 350 g/mol. The molecule has 0 radical (unpaired) electrons. The molecule has 0 aliphatic heterocycles. The standard InChI is InChI=1S/C21H16F2N2O/c1-26-21-9-6-14(11-24-21)18-13-25(20-5-3-2-4-17(18)20)12-15-10-16(22)7-8-19(15)23/h2-11,13H,12H2,1H3. The largest absolute Gasteiger partial charge is 0.481 e. The molecule has 0 fully saturated rings. The lowest BCUT2D eigenvalue weighted by Crippen LogP contribution is -2.01. The van der Waals surface area contributed by atoms with Gasteiger partial charge >= 0.3 is 0 Å². The highest BCUT2D eigenvalue weighted by Crippen LogP contribution is 2.31. The van der Waals surface area contributed by atoms with Crippen molar-refractivity contribution < 1.29 is 13.5 Å². The van der Waals surface area contributed by atoms with E-state index in [1.165, 1.54) is 6.07 Å². The summed E-state index contributed by atoms with van der Waals surface area (Å²) in [6, 6.07) is 15.1. The molecular weight excluding hydrogens is 334 g/mol. The molecule has 5 heteroatoms. The number of hydrogen-bond donors (Lipinski definition) is 0. The van der Waals surface area contributed by atoms with E-state index in [-0.39, 0.29) is 6.54 Å². The molecule has 2 aromatic heterocycles. The van der Waals surface area contributed by atoms with Crippen molar-refractivity contribution in [2.75, 3.05) is 7.11 Å². The first-order valence-electron chi connectivity index (χ1n) is 8.18. The van der Waals surface area contributed by atoms with Crippen LogP contribution in [0.15, 0.2) is 67.0 Å². The normalized spacial score (nSPS) is 11.0. The van der Waals surface area contributed by atoms with E-state index in [0.717, 1.165) is 34.2 Å². The number of para-hydroxylation sites is 1. The summed E-state index contributed by atoms with van der Waals surface area (Å²) < 4.78 is 34.6.